The third kappa shape index (κ3) is 11.1. The summed E-state index contributed by atoms with van der Waals surface area (Å²) in [6.07, 6.45) is 0.530. The molecule has 0 rings (SSSR count). The van der Waals surface area contributed by atoms with Gasteiger partial charge < -0.3 is 20.9 Å². The fraction of sp³-hybridized carbons (Fsp3) is 0.800. The van der Waals surface area contributed by atoms with Crippen molar-refractivity contribution in [1.29, 1.82) is 0 Å². The summed E-state index contributed by atoms with van der Waals surface area (Å²) < 4.78 is 4.89. The molecule has 17 heavy (non-hydrogen) atoms. The Morgan fingerprint density at radius 1 is 1.29 bits per heavy atom. The summed E-state index contributed by atoms with van der Waals surface area (Å²) in [7, 11) is 0. The summed E-state index contributed by atoms with van der Waals surface area (Å²) in [5, 5.41) is 11.3. The molecule has 0 spiro atoms. The molecule has 0 radical (unpaired) electrons. The van der Waals surface area contributed by atoms with Crippen molar-refractivity contribution in [1.82, 2.24) is 5.32 Å². The molecule has 0 saturated carbocycles. The van der Waals surface area contributed by atoms with Gasteiger partial charge in [0.05, 0.1) is 0 Å². The molecule has 0 heterocycles. The minimum atomic E-state index is -0.860. The number of ether oxygens (including phenoxy) is 1. The zero-order valence-electron chi connectivity index (χ0n) is 9.85. The fourth-order valence-corrected chi connectivity index (χ4v) is 1.16. The third-order valence-corrected chi connectivity index (χ3v) is 1.97. The number of carboxylic acids is 1. The minimum Gasteiger partial charge on any atom is -0.481 e. The van der Waals surface area contributed by atoms with Crippen LogP contribution in [0, 0.1) is 0 Å². The van der Waals surface area contributed by atoms with E-state index < -0.39 is 18.2 Å². The average Bonchev–Trinajstić information content (AvgIpc) is 2.24. The van der Waals surface area contributed by atoms with Crippen LogP contribution >= 0.6 is 0 Å². The number of nitrogens with one attached hydrogen (secondary N) is 1. The quantitative estimate of drug-likeness (QED) is 0.221. The molecule has 0 aromatic rings. The number of esters is 1. The zero-order valence-corrected chi connectivity index (χ0v) is 9.85. The molecule has 1 unspecified atom stereocenters. The van der Waals surface area contributed by atoms with Crippen molar-refractivity contribution in [2.45, 2.75) is 31.9 Å². The predicted octanol–water partition coefficient (Wildman–Crippen LogP) is -0.992. The van der Waals surface area contributed by atoms with E-state index >= 15 is 0 Å². The molecular weight excluding hydrogens is 226 g/mol. The molecule has 0 saturated heterocycles. The van der Waals surface area contributed by atoms with Gasteiger partial charge in [-0.15, -0.1) is 0 Å². The first-order valence-electron chi connectivity index (χ1n) is 5.64. The van der Waals surface area contributed by atoms with Crippen molar-refractivity contribution in [3.8, 4) is 0 Å². The van der Waals surface area contributed by atoms with Crippen LogP contribution in [0.1, 0.15) is 25.7 Å². The highest BCUT2D eigenvalue weighted by molar-refractivity contribution is 5.70. The van der Waals surface area contributed by atoms with Gasteiger partial charge in [-0.1, -0.05) is 0 Å². The van der Waals surface area contributed by atoms with Crippen LogP contribution < -0.4 is 16.8 Å². The van der Waals surface area contributed by atoms with Crippen molar-refractivity contribution in [2.24, 2.45) is 11.5 Å². The van der Waals surface area contributed by atoms with Crippen LogP contribution in [0.15, 0.2) is 0 Å². The summed E-state index contributed by atoms with van der Waals surface area (Å²) in [4.78, 5) is 21.4. The first-order valence-corrected chi connectivity index (χ1v) is 5.64. The third-order valence-electron chi connectivity index (χ3n) is 1.97. The van der Waals surface area contributed by atoms with Crippen LogP contribution in [0.25, 0.3) is 0 Å². The van der Waals surface area contributed by atoms with E-state index in [-0.39, 0.29) is 12.8 Å². The second-order valence-corrected chi connectivity index (χ2v) is 3.62. The second-order valence-electron chi connectivity index (χ2n) is 3.62. The molecule has 0 aromatic heterocycles. The van der Waals surface area contributed by atoms with Gasteiger partial charge in [0.1, 0.15) is 0 Å². The number of aliphatic carboxylic acids is 1. The second kappa shape index (κ2) is 10.0. The van der Waals surface area contributed by atoms with Crippen LogP contribution in [0.2, 0.25) is 0 Å². The van der Waals surface area contributed by atoms with Gasteiger partial charge in [-0.2, -0.15) is 0 Å². The molecular formula is C10H21N3O4. The summed E-state index contributed by atoms with van der Waals surface area (Å²) in [5.41, 5.74) is 10.8. The van der Waals surface area contributed by atoms with Gasteiger partial charge in [0.15, 0.2) is 6.23 Å². The van der Waals surface area contributed by atoms with Gasteiger partial charge in [0, 0.05) is 32.5 Å². The Bertz CT molecular complexity index is 236. The molecule has 6 N–H and O–H groups in total. The standard InChI is InChI=1S/C10H21N3O4/c11-5-6-13-7-8(12)17-10(16)4-2-1-3-9(14)15/h8,13H,1-7,11-12H2,(H,14,15). The minimum absolute atomic E-state index is 0.0669. The highest BCUT2D eigenvalue weighted by Crippen LogP contribution is 2.01. The summed E-state index contributed by atoms with van der Waals surface area (Å²) in [5.74, 6) is -1.27. The number of rotatable bonds is 10. The van der Waals surface area contributed by atoms with Crippen molar-refractivity contribution in [3.05, 3.63) is 0 Å². The van der Waals surface area contributed by atoms with Gasteiger partial charge in [0.25, 0.3) is 0 Å². The molecule has 0 aliphatic rings. The Kier molecular flexibility index (Phi) is 9.31. The number of hydrogen-bond acceptors (Lipinski definition) is 6. The maximum absolute atomic E-state index is 11.2. The Balaban J connectivity index is 3.47. The first kappa shape index (κ1) is 15.8. The first-order chi connectivity index (χ1) is 8.06. The van der Waals surface area contributed by atoms with Gasteiger partial charge >= 0.3 is 11.9 Å². The molecule has 0 aliphatic carbocycles. The summed E-state index contributed by atoms with van der Waals surface area (Å²) >= 11 is 0. The summed E-state index contributed by atoms with van der Waals surface area (Å²) in [6, 6.07) is 0. The normalized spacial score (nSPS) is 12.1. The molecule has 7 nitrogen and oxygen atoms in total. The number of carbonyl (C=O) groups excluding carboxylic acids is 1. The maximum Gasteiger partial charge on any atom is 0.307 e. The lowest BCUT2D eigenvalue weighted by molar-refractivity contribution is -0.149. The monoisotopic (exact) mass is 247 g/mol. The van der Waals surface area contributed by atoms with E-state index in [1.807, 2.05) is 0 Å². The molecule has 0 aromatic carbocycles. The van der Waals surface area contributed by atoms with Crippen LogP contribution in [-0.2, 0) is 14.3 Å². The topological polar surface area (TPSA) is 128 Å². The average molecular weight is 247 g/mol. The Morgan fingerprint density at radius 2 is 1.94 bits per heavy atom. The molecule has 7 heteroatoms. The number of nitrogens with two attached hydrogens (primary N) is 2. The maximum atomic E-state index is 11.2. The summed E-state index contributed by atoms with van der Waals surface area (Å²) in [6.45, 7) is 1.47. The van der Waals surface area contributed by atoms with Crippen LogP contribution in [0.4, 0.5) is 0 Å². The molecule has 0 amide bonds. The van der Waals surface area contributed by atoms with Crippen LogP contribution in [0.3, 0.4) is 0 Å². The van der Waals surface area contributed by atoms with Crippen LogP contribution in [-0.4, -0.2) is 42.9 Å². The lowest BCUT2D eigenvalue weighted by atomic mass is 10.2. The molecule has 100 valence electrons. The van der Waals surface area contributed by atoms with E-state index in [4.69, 9.17) is 21.3 Å². The molecule has 0 bridgehead atoms. The van der Waals surface area contributed by atoms with Crippen molar-refractivity contribution < 1.29 is 19.4 Å². The lowest BCUT2D eigenvalue weighted by Gasteiger charge is -2.13. The highest BCUT2D eigenvalue weighted by Gasteiger charge is 2.09. The number of hydrogen-bond donors (Lipinski definition) is 4. The molecule has 1 atom stereocenters. The molecule has 0 aliphatic heterocycles. The van der Waals surface area contributed by atoms with Gasteiger partial charge in [0.2, 0.25) is 0 Å². The number of unbranched alkanes of at least 4 members (excludes halogenated alkanes) is 1. The fourth-order valence-electron chi connectivity index (χ4n) is 1.16. The SMILES string of the molecule is NCCNCC(N)OC(=O)CCCCC(=O)O. The van der Waals surface area contributed by atoms with E-state index in [2.05, 4.69) is 5.32 Å². The van der Waals surface area contributed by atoms with Gasteiger partial charge in [-0.05, 0) is 12.8 Å². The van der Waals surface area contributed by atoms with E-state index in [1.165, 1.54) is 0 Å². The molecule has 0 fully saturated rings. The zero-order chi connectivity index (χ0) is 13.1. The van der Waals surface area contributed by atoms with E-state index in [0.29, 0.717) is 32.5 Å². The Morgan fingerprint density at radius 3 is 2.53 bits per heavy atom. The largest absolute Gasteiger partial charge is 0.481 e. The van der Waals surface area contributed by atoms with E-state index in [1.54, 1.807) is 0 Å². The van der Waals surface area contributed by atoms with Crippen molar-refractivity contribution >= 4 is 11.9 Å². The highest BCUT2D eigenvalue weighted by atomic mass is 16.6. The lowest BCUT2D eigenvalue weighted by Crippen LogP contribution is -2.39. The van der Waals surface area contributed by atoms with Crippen LogP contribution in [0.5, 0.6) is 0 Å². The Labute approximate surface area is 100 Å². The van der Waals surface area contributed by atoms with E-state index in [0.717, 1.165) is 0 Å². The number of carbonyl (C=O) groups is 2. The Hall–Kier alpha value is -1.18. The van der Waals surface area contributed by atoms with Crippen molar-refractivity contribution in [3.63, 3.8) is 0 Å². The smallest absolute Gasteiger partial charge is 0.307 e. The van der Waals surface area contributed by atoms with Crippen molar-refractivity contribution in [2.75, 3.05) is 19.6 Å². The van der Waals surface area contributed by atoms with Gasteiger partial charge in [-0.25, -0.2) is 0 Å². The van der Waals surface area contributed by atoms with Gasteiger partial charge in [-0.3, -0.25) is 15.3 Å². The van der Waals surface area contributed by atoms with E-state index in [9.17, 15) is 9.59 Å². The number of carboxylic acid groups (broad SMARTS) is 1. The predicted molar refractivity (Wildman–Crippen MR) is 62.1 cm³/mol.